The lowest BCUT2D eigenvalue weighted by atomic mass is 10.4. The first kappa shape index (κ1) is 12.1. The molecule has 0 nitrogen and oxygen atoms in total. The Morgan fingerprint density at radius 2 is 1.18 bits per heavy atom. The predicted octanol–water partition coefficient (Wildman–Crippen LogP) is 3.99. The molecule has 0 unspecified atom stereocenters. The third-order valence-electron chi connectivity index (χ3n) is 2.35. The zero-order valence-corrected chi connectivity index (χ0v) is 10.0. The van der Waals surface area contributed by atoms with Gasteiger partial charge in [0, 0.05) is 0 Å². The smallest absolute Gasteiger partial charge is 0.205 e. The third kappa shape index (κ3) is 3.30. The molecule has 0 aliphatic heterocycles. The maximum atomic E-state index is 12.7. The summed E-state index contributed by atoms with van der Waals surface area (Å²) in [4.78, 5) is 1.94. The van der Waals surface area contributed by atoms with Gasteiger partial charge in [0.2, 0.25) is 0 Å². The Kier molecular flexibility index (Phi) is 4.15. The molecule has 2 aromatic rings. The zero-order valence-electron chi connectivity index (χ0n) is 9.22. The summed E-state index contributed by atoms with van der Waals surface area (Å²) in [5.41, 5.74) is 0. The zero-order chi connectivity index (χ0) is 12.1. The molecule has 0 saturated carbocycles. The fourth-order valence-electron chi connectivity index (χ4n) is 1.62. The average molecular weight is 251 g/mol. The van der Waals surface area contributed by atoms with Gasteiger partial charge in [-0.2, -0.15) is 0 Å². The second-order valence-electron chi connectivity index (χ2n) is 3.57. The van der Waals surface area contributed by atoms with Gasteiger partial charge in [-0.3, -0.25) is 0 Å². The van der Waals surface area contributed by atoms with E-state index in [0.717, 1.165) is 9.79 Å². The standard InChI is InChI=1S/C14H13F2S/c15-14(16)11-17(12-7-3-1-4-8-12)13-9-5-2-6-10-13/h1-10,14H,11H2/q+1. The second kappa shape index (κ2) is 5.82. The van der Waals surface area contributed by atoms with Crippen LogP contribution in [0.25, 0.3) is 0 Å². The molecule has 0 bridgehead atoms. The van der Waals surface area contributed by atoms with Crippen molar-refractivity contribution in [3.8, 4) is 0 Å². The van der Waals surface area contributed by atoms with Crippen LogP contribution in [0.3, 0.4) is 0 Å². The van der Waals surface area contributed by atoms with Crippen molar-refractivity contribution in [1.29, 1.82) is 0 Å². The monoisotopic (exact) mass is 251 g/mol. The summed E-state index contributed by atoms with van der Waals surface area (Å²) >= 11 is 0. The molecule has 0 aliphatic carbocycles. The number of hydrogen-bond acceptors (Lipinski definition) is 0. The van der Waals surface area contributed by atoms with Crippen LogP contribution in [0.15, 0.2) is 70.5 Å². The summed E-state index contributed by atoms with van der Waals surface area (Å²) in [6.07, 6.45) is -2.28. The van der Waals surface area contributed by atoms with Gasteiger partial charge in [0.25, 0.3) is 6.43 Å². The fraction of sp³-hybridized carbons (Fsp3) is 0.143. The highest BCUT2D eigenvalue weighted by Crippen LogP contribution is 2.24. The summed E-state index contributed by atoms with van der Waals surface area (Å²) in [5, 5.41) is 0. The quantitative estimate of drug-likeness (QED) is 0.721. The van der Waals surface area contributed by atoms with E-state index >= 15 is 0 Å². The van der Waals surface area contributed by atoms with E-state index in [0.29, 0.717) is 0 Å². The minimum Gasteiger partial charge on any atom is -0.205 e. The maximum Gasteiger partial charge on any atom is 0.283 e. The molecule has 0 radical (unpaired) electrons. The molecule has 0 saturated heterocycles. The highest BCUT2D eigenvalue weighted by atomic mass is 32.2. The molecule has 0 N–H and O–H groups in total. The van der Waals surface area contributed by atoms with E-state index in [2.05, 4.69) is 0 Å². The van der Waals surface area contributed by atoms with Crippen LogP contribution in [0.4, 0.5) is 8.78 Å². The van der Waals surface area contributed by atoms with Crippen molar-refractivity contribution in [2.75, 3.05) is 5.75 Å². The Morgan fingerprint density at radius 3 is 1.53 bits per heavy atom. The molecule has 0 amide bonds. The lowest BCUT2D eigenvalue weighted by molar-refractivity contribution is 0.176. The number of halogens is 2. The Balaban J connectivity index is 2.32. The maximum absolute atomic E-state index is 12.7. The molecule has 2 aromatic carbocycles. The fourth-order valence-corrected chi connectivity index (χ4v) is 3.50. The van der Waals surface area contributed by atoms with Crippen molar-refractivity contribution in [2.45, 2.75) is 16.2 Å². The Morgan fingerprint density at radius 1 is 0.765 bits per heavy atom. The topological polar surface area (TPSA) is 0 Å². The summed E-state index contributed by atoms with van der Waals surface area (Å²) in [6.45, 7) is 0. The van der Waals surface area contributed by atoms with Crippen LogP contribution in [0.5, 0.6) is 0 Å². The van der Waals surface area contributed by atoms with Crippen LogP contribution >= 0.6 is 0 Å². The summed E-state index contributed by atoms with van der Waals surface area (Å²) in [7, 11) is -0.531. The highest BCUT2D eigenvalue weighted by Gasteiger charge is 2.28. The van der Waals surface area contributed by atoms with Crippen LogP contribution in [0, 0.1) is 0 Å². The third-order valence-corrected chi connectivity index (χ3v) is 4.62. The number of alkyl halides is 2. The van der Waals surface area contributed by atoms with Gasteiger partial charge in [-0.15, -0.1) is 0 Å². The van der Waals surface area contributed by atoms with Crippen LogP contribution in [0.1, 0.15) is 0 Å². The first-order valence-electron chi connectivity index (χ1n) is 5.36. The van der Waals surface area contributed by atoms with Gasteiger partial charge in [-0.05, 0) is 24.3 Å². The first-order chi connectivity index (χ1) is 8.27. The number of rotatable bonds is 4. The Hall–Kier alpha value is -1.35. The summed E-state index contributed by atoms with van der Waals surface area (Å²) in [5.74, 6) is -0.103. The molecule has 2 rings (SSSR count). The lowest BCUT2D eigenvalue weighted by Gasteiger charge is -2.07. The normalized spacial score (nSPS) is 11.1. The van der Waals surface area contributed by atoms with Crippen molar-refractivity contribution in [1.82, 2.24) is 0 Å². The number of hydrogen-bond donors (Lipinski definition) is 0. The van der Waals surface area contributed by atoms with Crippen molar-refractivity contribution in [2.24, 2.45) is 0 Å². The molecule has 0 fully saturated rings. The first-order valence-corrected chi connectivity index (χ1v) is 6.76. The largest absolute Gasteiger partial charge is 0.283 e. The van der Waals surface area contributed by atoms with E-state index in [1.807, 2.05) is 60.7 Å². The van der Waals surface area contributed by atoms with Crippen molar-refractivity contribution in [3.63, 3.8) is 0 Å². The molecule has 3 heteroatoms. The van der Waals surface area contributed by atoms with E-state index < -0.39 is 17.3 Å². The molecular formula is C14H13F2S+. The Bertz CT molecular complexity index is 403. The summed E-state index contributed by atoms with van der Waals surface area (Å²) < 4.78 is 25.3. The van der Waals surface area contributed by atoms with Gasteiger partial charge in [0.1, 0.15) is 0 Å². The van der Waals surface area contributed by atoms with Gasteiger partial charge in [0.15, 0.2) is 15.5 Å². The minimum absolute atomic E-state index is 0.103. The Labute approximate surface area is 103 Å². The van der Waals surface area contributed by atoms with Crippen LogP contribution in [-0.2, 0) is 10.9 Å². The summed E-state index contributed by atoms with van der Waals surface area (Å²) in [6, 6.07) is 19.0. The molecular weight excluding hydrogens is 238 g/mol. The van der Waals surface area contributed by atoms with E-state index in [1.54, 1.807) is 0 Å². The van der Waals surface area contributed by atoms with Gasteiger partial charge in [0.05, 0.1) is 10.9 Å². The van der Waals surface area contributed by atoms with Crippen molar-refractivity contribution >= 4 is 10.9 Å². The molecule has 17 heavy (non-hydrogen) atoms. The van der Waals surface area contributed by atoms with Gasteiger partial charge < -0.3 is 0 Å². The number of benzene rings is 2. The molecule has 0 heterocycles. The van der Waals surface area contributed by atoms with E-state index in [1.165, 1.54) is 0 Å². The SMILES string of the molecule is FC(F)C[S+](c1ccccc1)c1ccccc1. The van der Waals surface area contributed by atoms with Gasteiger partial charge >= 0.3 is 0 Å². The lowest BCUT2D eigenvalue weighted by Crippen LogP contribution is -2.14. The molecule has 0 atom stereocenters. The van der Waals surface area contributed by atoms with E-state index in [-0.39, 0.29) is 5.75 Å². The van der Waals surface area contributed by atoms with E-state index in [9.17, 15) is 8.78 Å². The molecule has 0 aromatic heterocycles. The van der Waals surface area contributed by atoms with E-state index in [4.69, 9.17) is 0 Å². The van der Waals surface area contributed by atoms with Crippen LogP contribution < -0.4 is 0 Å². The van der Waals surface area contributed by atoms with Gasteiger partial charge in [-0.25, -0.2) is 8.78 Å². The van der Waals surface area contributed by atoms with Crippen molar-refractivity contribution < 1.29 is 8.78 Å². The minimum atomic E-state index is -2.28. The molecule has 88 valence electrons. The molecule has 0 spiro atoms. The van der Waals surface area contributed by atoms with Gasteiger partial charge in [-0.1, -0.05) is 36.4 Å². The predicted molar refractivity (Wildman–Crippen MR) is 67.7 cm³/mol. The molecule has 0 aliphatic rings. The average Bonchev–Trinajstić information content (AvgIpc) is 2.38. The second-order valence-corrected chi connectivity index (χ2v) is 5.63. The van der Waals surface area contributed by atoms with Crippen LogP contribution in [0.2, 0.25) is 0 Å². The van der Waals surface area contributed by atoms with Crippen LogP contribution in [-0.4, -0.2) is 12.2 Å². The highest BCUT2D eigenvalue weighted by molar-refractivity contribution is 7.97. The van der Waals surface area contributed by atoms with Crippen molar-refractivity contribution in [3.05, 3.63) is 60.7 Å².